The smallest absolute Gasteiger partial charge is 0.305 e. The van der Waals surface area contributed by atoms with Crippen LogP contribution in [0, 0.1) is 11.8 Å². The summed E-state index contributed by atoms with van der Waals surface area (Å²) in [6.07, 6.45) is 2.32. The number of aromatic hydroxyl groups is 1. The van der Waals surface area contributed by atoms with Crippen LogP contribution >= 0.6 is 0 Å². The number of rotatable bonds is 27. The molecular weight excluding hydrogens is 811 g/mol. The molecule has 0 aliphatic heterocycles. The van der Waals surface area contributed by atoms with Gasteiger partial charge in [-0.15, -0.1) is 0 Å². The Morgan fingerprint density at radius 3 is 1.94 bits per heavy atom. The van der Waals surface area contributed by atoms with Gasteiger partial charge >= 0.3 is 5.97 Å². The second-order valence-electron chi connectivity index (χ2n) is 15.2. The third kappa shape index (κ3) is 18.6. The van der Waals surface area contributed by atoms with Crippen molar-refractivity contribution in [3.63, 3.8) is 0 Å². The van der Waals surface area contributed by atoms with Crippen LogP contribution in [-0.4, -0.2) is 123 Å². The van der Waals surface area contributed by atoms with Crippen molar-refractivity contribution in [1.29, 1.82) is 0 Å². The minimum Gasteiger partial charge on any atom is -0.508 e. The van der Waals surface area contributed by atoms with Crippen LogP contribution in [0.25, 0.3) is 0 Å². The Morgan fingerprint density at radius 2 is 1.37 bits per heavy atom. The number of aliphatic carboxylic acids is 1. The molecule has 0 spiro atoms. The number of carbonyl (C=O) groups excluding carboxylic acids is 7. The summed E-state index contributed by atoms with van der Waals surface area (Å²) in [4.78, 5) is 115. The lowest BCUT2D eigenvalue weighted by atomic mass is 9.97. The summed E-state index contributed by atoms with van der Waals surface area (Å²) >= 11 is 0. The van der Waals surface area contributed by atoms with Gasteiger partial charge in [-0.2, -0.15) is 0 Å². The van der Waals surface area contributed by atoms with E-state index >= 15 is 0 Å². The van der Waals surface area contributed by atoms with E-state index in [1.165, 1.54) is 36.8 Å². The number of carboxylic acid groups (broad SMARTS) is 1. The molecule has 0 radical (unpaired) electrons. The van der Waals surface area contributed by atoms with Gasteiger partial charge in [0, 0.05) is 31.3 Å². The van der Waals surface area contributed by atoms with Crippen LogP contribution in [0.3, 0.4) is 0 Å². The molecule has 2 aromatic rings. The highest BCUT2D eigenvalue weighted by atomic mass is 16.4. The molecule has 0 fully saturated rings. The molecular formula is C39H61N13O10. The number of hydrogen-bond donors (Lipinski definition) is 13. The van der Waals surface area contributed by atoms with Gasteiger partial charge in [0.25, 0.3) is 0 Å². The first-order valence-electron chi connectivity index (χ1n) is 20.1. The third-order valence-electron chi connectivity index (χ3n) is 9.58. The fourth-order valence-electron chi connectivity index (χ4n) is 5.91. The number of imidazole rings is 1. The monoisotopic (exact) mass is 871 g/mol. The first-order chi connectivity index (χ1) is 29.2. The molecule has 1 heterocycles. The zero-order valence-corrected chi connectivity index (χ0v) is 35.3. The van der Waals surface area contributed by atoms with Gasteiger partial charge in [-0.05, 0) is 48.8 Å². The Kier molecular flexibility index (Phi) is 21.3. The molecule has 1 aromatic heterocycles. The summed E-state index contributed by atoms with van der Waals surface area (Å²) in [5.41, 5.74) is 23.3. The second kappa shape index (κ2) is 25.8. The van der Waals surface area contributed by atoms with Crippen LogP contribution in [0.1, 0.15) is 71.1 Å². The number of guanidine groups is 1. The van der Waals surface area contributed by atoms with Gasteiger partial charge in [-0.1, -0.05) is 46.2 Å². The van der Waals surface area contributed by atoms with E-state index in [0.717, 1.165) is 0 Å². The van der Waals surface area contributed by atoms with Gasteiger partial charge < -0.3 is 70.0 Å². The lowest BCUT2D eigenvalue weighted by Gasteiger charge is -2.26. The lowest BCUT2D eigenvalue weighted by Crippen LogP contribution is -2.59. The van der Waals surface area contributed by atoms with Gasteiger partial charge in [-0.3, -0.25) is 43.3 Å². The number of phenolic OH excluding ortho intramolecular Hbond substituents is 1. The van der Waals surface area contributed by atoms with Crippen molar-refractivity contribution in [3.8, 4) is 5.75 Å². The first kappa shape index (κ1) is 51.4. The van der Waals surface area contributed by atoms with E-state index in [9.17, 15) is 48.6 Å². The number of aliphatic imine (C=N–C) groups is 1. The minimum atomic E-state index is -1.77. The van der Waals surface area contributed by atoms with Gasteiger partial charge in [0.2, 0.25) is 41.4 Å². The number of carbonyl (C=O) groups is 8. The molecule has 7 amide bonds. The fraction of sp³-hybridized carbons (Fsp3) is 0.538. The highest BCUT2D eigenvalue weighted by molar-refractivity contribution is 5.97. The third-order valence-corrected chi connectivity index (χ3v) is 9.58. The average molecular weight is 872 g/mol. The van der Waals surface area contributed by atoms with Gasteiger partial charge in [0.05, 0.1) is 25.3 Å². The zero-order valence-electron chi connectivity index (χ0n) is 35.3. The van der Waals surface area contributed by atoms with Gasteiger partial charge in [0.15, 0.2) is 5.96 Å². The number of nitrogens with zero attached hydrogens (tertiary/aromatic N) is 2. The number of aromatic nitrogens is 2. The molecule has 0 aliphatic rings. The van der Waals surface area contributed by atoms with Crippen molar-refractivity contribution >= 4 is 53.3 Å². The van der Waals surface area contributed by atoms with E-state index in [1.54, 1.807) is 0 Å². The topological polar surface area (TPSA) is 394 Å². The molecule has 0 aliphatic carbocycles. The summed E-state index contributed by atoms with van der Waals surface area (Å²) in [7, 11) is 0. The maximum absolute atomic E-state index is 13.9. The summed E-state index contributed by atoms with van der Waals surface area (Å²) in [6.45, 7) is 6.79. The number of hydrogen-bond acceptors (Lipinski definition) is 12. The van der Waals surface area contributed by atoms with E-state index in [-0.39, 0.29) is 62.2 Å². The molecule has 1 aromatic carbocycles. The van der Waals surface area contributed by atoms with Crippen LogP contribution in [0.2, 0.25) is 0 Å². The molecule has 0 bridgehead atoms. The first-order valence-corrected chi connectivity index (χ1v) is 20.1. The van der Waals surface area contributed by atoms with E-state index in [4.69, 9.17) is 22.9 Å². The van der Waals surface area contributed by atoms with Crippen molar-refractivity contribution in [2.24, 2.45) is 39.8 Å². The molecule has 23 nitrogen and oxygen atoms in total. The van der Waals surface area contributed by atoms with Crippen LogP contribution in [0.15, 0.2) is 41.8 Å². The van der Waals surface area contributed by atoms with Crippen LogP contribution in [-0.2, 0) is 51.2 Å². The molecule has 0 saturated carbocycles. The van der Waals surface area contributed by atoms with Crippen molar-refractivity contribution in [1.82, 2.24) is 41.9 Å². The minimum absolute atomic E-state index is 0.00834. The molecule has 0 unspecified atom stereocenters. The summed E-state index contributed by atoms with van der Waals surface area (Å²) < 4.78 is 0. The Morgan fingerprint density at radius 1 is 0.774 bits per heavy atom. The summed E-state index contributed by atoms with van der Waals surface area (Å²) in [5, 5.41) is 34.1. The average Bonchev–Trinajstić information content (AvgIpc) is 3.72. The Labute approximate surface area is 358 Å². The summed E-state index contributed by atoms with van der Waals surface area (Å²) in [5.74, 6) is -7.90. The van der Waals surface area contributed by atoms with E-state index in [0.29, 0.717) is 17.7 Å². The zero-order chi connectivity index (χ0) is 46.5. The van der Waals surface area contributed by atoms with Crippen molar-refractivity contribution in [2.75, 3.05) is 13.1 Å². The van der Waals surface area contributed by atoms with Crippen molar-refractivity contribution in [2.45, 2.75) is 109 Å². The SMILES string of the molecule is CC[C@H](C)[C@@H](N)C(=O)N[C@H](CC(C)C)C(=O)NCC(=O)N[C@H](Cc1cnc[nH]1)C(=O)N[C@H](CCCN=C(N)N)C(=O)N[C@H](CC(=O)O)C(=O)N[C@H](Cc1ccc(O)cc1)C(N)=O. The predicted molar refractivity (Wildman–Crippen MR) is 225 cm³/mol. The lowest BCUT2D eigenvalue weighted by molar-refractivity contribution is -0.141. The molecule has 17 N–H and O–H groups in total. The molecule has 342 valence electrons. The van der Waals surface area contributed by atoms with E-state index in [1.807, 2.05) is 27.7 Å². The maximum atomic E-state index is 13.9. The van der Waals surface area contributed by atoms with Gasteiger partial charge in [-0.25, -0.2) is 4.98 Å². The van der Waals surface area contributed by atoms with E-state index in [2.05, 4.69) is 46.9 Å². The highest BCUT2D eigenvalue weighted by Gasteiger charge is 2.33. The van der Waals surface area contributed by atoms with Crippen molar-refractivity contribution < 1.29 is 48.6 Å². The molecule has 2 rings (SSSR count). The largest absolute Gasteiger partial charge is 0.508 e. The number of carboxylic acids is 1. The van der Waals surface area contributed by atoms with E-state index < -0.39 is 96.5 Å². The number of H-pyrrole nitrogens is 1. The standard InChI is InChI=1S/C39H61N13O10/c1-5-21(4)32(40)38(62)52-27(13-20(2)3)34(58)46-18-30(54)48-28(15-23-17-44-19-47-23)36(60)49-25(7-6-12-45-39(42)43)35(59)51-29(16-31(55)56)37(61)50-26(33(41)57)14-22-8-10-24(53)11-9-22/h8-11,17,19-21,25-29,32,53H,5-7,12-16,18,40H2,1-4H3,(H2,41,57)(H,44,47)(H,46,58)(H,48,54)(H,49,60)(H,50,61)(H,51,59)(H,52,62)(H,55,56)(H4,42,43,45)/t21-,25+,26+,27+,28+,29+,32+/m0/s1. The maximum Gasteiger partial charge on any atom is 0.305 e. The molecule has 0 saturated heterocycles. The number of aromatic amines is 1. The number of benzene rings is 1. The molecule has 23 heteroatoms. The highest BCUT2D eigenvalue weighted by Crippen LogP contribution is 2.13. The number of nitrogens with two attached hydrogens (primary N) is 4. The van der Waals surface area contributed by atoms with Gasteiger partial charge in [0.1, 0.15) is 36.0 Å². The summed E-state index contributed by atoms with van der Waals surface area (Å²) in [6, 6.07) is -2.16. The van der Waals surface area contributed by atoms with Crippen LogP contribution < -0.4 is 54.8 Å². The number of nitrogens with one attached hydrogen (secondary N) is 7. The van der Waals surface area contributed by atoms with Crippen molar-refractivity contribution in [3.05, 3.63) is 48.0 Å². The van der Waals surface area contributed by atoms with Crippen LogP contribution in [0.4, 0.5) is 0 Å². The van der Waals surface area contributed by atoms with Crippen LogP contribution in [0.5, 0.6) is 5.75 Å². The fourth-order valence-corrected chi connectivity index (χ4v) is 5.91. The Hall–Kier alpha value is -6.78. The quantitative estimate of drug-likeness (QED) is 0.0240. The molecule has 62 heavy (non-hydrogen) atoms. The normalized spacial score (nSPS) is 14.4. The second-order valence-corrected chi connectivity index (χ2v) is 15.2. The number of phenols is 1. The number of primary amides is 1. The Bertz CT molecular complexity index is 1850. The molecule has 7 atom stereocenters. The Balaban J connectivity index is 2.30. The number of amides is 7. The predicted octanol–water partition coefficient (Wildman–Crippen LogP) is -3.13.